The molecule has 0 fully saturated rings. The zero-order valence-electron chi connectivity index (χ0n) is 7.05. The summed E-state index contributed by atoms with van der Waals surface area (Å²) in [6, 6.07) is 0. The number of rotatable bonds is 4. The van der Waals surface area contributed by atoms with Crippen LogP contribution >= 0.6 is 0 Å². The predicted molar refractivity (Wildman–Crippen MR) is 47.2 cm³/mol. The van der Waals surface area contributed by atoms with E-state index in [-0.39, 0.29) is 0 Å². The van der Waals surface area contributed by atoms with Crippen LogP contribution in [0.4, 0.5) is 0 Å². The van der Waals surface area contributed by atoms with Crippen molar-refractivity contribution in [3.05, 3.63) is 12.2 Å². The lowest BCUT2D eigenvalue weighted by Gasteiger charge is -2.04. The molecule has 1 aliphatic heterocycles. The molecule has 2 heteroatoms. The van der Waals surface area contributed by atoms with Gasteiger partial charge in [-0.2, -0.15) is 0 Å². The molecule has 0 saturated carbocycles. The highest BCUT2D eigenvalue weighted by atomic mass is 16.5. The van der Waals surface area contributed by atoms with Gasteiger partial charge in [0.2, 0.25) is 0 Å². The highest BCUT2D eigenvalue weighted by molar-refractivity contribution is 5.95. The van der Waals surface area contributed by atoms with E-state index in [1.54, 1.807) is 7.11 Å². The van der Waals surface area contributed by atoms with Crippen LogP contribution in [0.2, 0.25) is 0 Å². The quantitative estimate of drug-likeness (QED) is 0.564. The Morgan fingerprint density at radius 2 is 2.55 bits per heavy atom. The van der Waals surface area contributed by atoms with Gasteiger partial charge in [-0.3, -0.25) is 4.99 Å². The number of nitrogens with zero attached hydrogens (tertiary/aromatic N) is 1. The number of allylic oxidation sites excluding steroid dienone is 1. The van der Waals surface area contributed by atoms with Gasteiger partial charge < -0.3 is 4.74 Å². The van der Waals surface area contributed by atoms with Crippen LogP contribution in [0.25, 0.3) is 0 Å². The molecule has 0 amide bonds. The summed E-state index contributed by atoms with van der Waals surface area (Å²) in [4.78, 5) is 4.38. The number of hydrogen-bond acceptors (Lipinski definition) is 2. The highest BCUT2D eigenvalue weighted by Gasteiger charge is 1.97. The molecule has 0 N–H and O–H groups in total. The van der Waals surface area contributed by atoms with Gasteiger partial charge in [-0.1, -0.05) is 6.08 Å². The fourth-order valence-electron chi connectivity index (χ4n) is 1.11. The van der Waals surface area contributed by atoms with Crippen LogP contribution in [0.3, 0.4) is 0 Å². The minimum Gasteiger partial charge on any atom is -0.385 e. The number of aliphatic imine (C=N–C) groups is 1. The van der Waals surface area contributed by atoms with Crippen LogP contribution in [-0.4, -0.2) is 26.0 Å². The lowest BCUT2D eigenvalue weighted by molar-refractivity contribution is 0.197. The Bertz CT molecular complexity index is 161. The van der Waals surface area contributed by atoms with Gasteiger partial charge in [-0.05, 0) is 25.3 Å². The second kappa shape index (κ2) is 5.08. The first-order valence-corrected chi connectivity index (χ1v) is 4.12. The fraction of sp³-hybridized carbons (Fsp3) is 0.667. The Labute approximate surface area is 68.0 Å². The molecule has 0 unspecified atom stereocenters. The number of methoxy groups -OCH3 is 1. The minimum atomic E-state index is 0.840. The van der Waals surface area contributed by atoms with Gasteiger partial charge in [0.15, 0.2) is 0 Å². The Kier molecular flexibility index (Phi) is 3.91. The number of ether oxygens (including phenoxy) is 1. The maximum absolute atomic E-state index is 4.95. The van der Waals surface area contributed by atoms with Crippen molar-refractivity contribution in [2.45, 2.75) is 19.3 Å². The third-order valence-corrected chi connectivity index (χ3v) is 1.70. The fourth-order valence-corrected chi connectivity index (χ4v) is 1.11. The van der Waals surface area contributed by atoms with Gasteiger partial charge in [0.25, 0.3) is 0 Å². The number of hydrogen-bond donors (Lipinski definition) is 0. The van der Waals surface area contributed by atoms with Gasteiger partial charge in [0, 0.05) is 26.0 Å². The zero-order valence-corrected chi connectivity index (χ0v) is 7.05. The highest BCUT2D eigenvalue weighted by Crippen LogP contribution is 2.02. The summed E-state index contributed by atoms with van der Waals surface area (Å²) in [5, 5.41) is 0. The van der Waals surface area contributed by atoms with Crippen molar-refractivity contribution < 1.29 is 4.74 Å². The average molecular weight is 153 g/mol. The van der Waals surface area contributed by atoms with Crippen molar-refractivity contribution in [1.29, 1.82) is 0 Å². The molecular weight excluding hydrogens is 138 g/mol. The molecule has 62 valence electrons. The second-order valence-corrected chi connectivity index (χ2v) is 2.66. The van der Waals surface area contributed by atoms with Crippen molar-refractivity contribution in [1.82, 2.24) is 0 Å². The number of dihydropyridines is 1. The first-order chi connectivity index (χ1) is 5.43. The summed E-state index contributed by atoms with van der Waals surface area (Å²) in [6.45, 7) is 1.81. The molecule has 0 bridgehead atoms. The first-order valence-electron chi connectivity index (χ1n) is 4.12. The molecule has 1 rings (SSSR count). The van der Waals surface area contributed by atoms with E-state index in [2.05, 4.69) is 17.1 Å². The SMILES string of the molecule is COCCCC1=NCCC=C1. The Balaban J connectivity index is 2.15. The maximum Gasteiger partial charge on any atom is 0.0465 e. The normalized spacial score (nSPS) is 16.6. The topological polar surface area (TPSA) is 21.6 Å². The van der Waals surface area contributed by atoms with E-state index in [9.17, 15) is 0 Å². The zero-order chi connectivity index (χ0) is 7.94. The maximum atomic E-state index is 4.95. The molecule has 2 nitrogen and oxygen atoms in total. The van der Waals surface area contributed by atoms with Crippen molar-refractivity contribution in [2.75, 3.05) is 20.3 Å². The molecular formula is C9H15NO. The summed E-state index contributed by atoms with van der Waals surface area (Å²) in [5.74, 6) is 0. The molecule has 1 aliphatic rings. The molecule has 0 aromatic carbocycles. The van der Waals surface area contributed by atoms with Crippen molar-refractivity contribution in [3.8, 4) is 0 Å². The van der Waals surface area contributed by atoms with Crippen molar-refractivity contribution in [3.63, 3.8) is 0 Å². The van der Waals surface area contributed by atoms with Gasteiger partial charge in [0.1, 0.15) is 0 Å². The van der Waals surface area contributed by atoms with Crippen LogP contribution in [-0.2, 0) is 4.74 Å². The molecule has 0 saturated heterocycles. The molecule has 0 radical (unpaired) electrons. The van der Waals surface area contributed by atoms with Gasteiger partial charge in [0.05, 0.1) is 0 Å². The smallest absolute Gasteiger partial charge is 0.0465 e. The minimum absolute atomic E-state index is 0.840. The van der Waals surface area contributed by atoms with Crippen LogP contribution in [0.5, 0.6) is 0 Å². The third-order valence-electron chi connectivity index (χ3n) is 1.70. The van der Waals surface area contributed by atoms with Crippen molar-refractivity contribution >= 4 is 5.71 Å². The lowest BCUT2D eigenvalue weighted by atomic mass is 10.1. The first kappa shape index (κ1) is 8.47. The monoisotopic (exact) mass is 153 g/mol. The molecule has 1 heterocycles. The van der Waals surface area contributed by atoms with E-state index in [0.717, 1.165) is 32.4 Å². The Morgan fingerprint density at radius 3 is 3.18 bits per heavy atom. The van der Waals surface area contributed by atoms with Crippen LogP contribution in [0.15, 0.2) is 17.1 Å². The summed E-state index contributed by atoms with van der Waals surface area (Å²) >= 11 is 0. The Morgan fingerprint density at radius 1 is 1.64 bits per heavy atom. The Hall–Kier alpha value is -0.630. The van der Waals surface area contributed by atoms with E-state index < -0.39 is 0 Å². The second-order valence-electron chi connectivity index (χ2n) is 2.66. The molecule has 0 aliphatic carbocycles. The van der Waals surface area contributed by atoms with E-state index in [0.29, 0.717) is 0 Å². The largest absolute Gasteiger partial charge is 0.385 e. The standard InChI is InChI=1S/C9H15NO/c1-11-8-4-6-9-5-2-3-7-10-9/h2,5H,3-4,6-8H2,1H3. The molecule has 11 heavy (non-hydrogen) atoms. The summed E-state index contributed by atoms with van der Waals surface area (Å²) in [7, 11) is 1.73. The van der Waals surface area contributed by atoms with E-state index in [1.807, 2.05) is 0 Å². The summed E-state index contributed by atoms with van der Waals surface area (Å²) < 4.78 is 4.95. The van der Waals surface area contributed by atoms with Crippen molar-refractivity contribution in [2.24, 2.45) is 4.99 Å². The summed E-state index contributed by atoms with van der Waals surface area (Å²) in [6.07, 6.45) is 7.56. The molecule has 0 aromatic heterocycles. The van der Waals surface area contributed by atoms with Crippen LogP contribution in [0, 0.1) is 0 Å². The van der Waals surface area contributed by atoms with E-state index in [1.165, 1.54) is 5.71 Å². The predicted octanol–water partition coefficient (Wildman–Crippen LogP) is 1.81. The van der Waals surface area contributed by atoms with Gasteiger partial charge in [-0.25, -0.2) is 0 Å². The molecule has 0 atom stereocenters. The van der Waals surface area contributed by atoms with Gasteiger partial charge in [-0.15, -0.1) is 0 Å². The van der Waals surface area contributed by atoms with E-state index in [4.69, 9.17) is 4.74 Å². The third kappa shape index (κ3) is 3.33. The molecule has 0 aromatic rings. The summed E-state index contributed by atoms with van der Waals surface area (Å²) in [5.41, 5.74) is 1.23. The van der Waals surface area contributed by atoms with Crippen LogP contribution < -0.4 is 0 Å². The van der Waals surface area contributed by atoms with Gasteiger partial charge >= 0.3 is 0 Å². The molecule has 0 spiro atoms. The van der Waals surface area contributed by atoms with E-state index >= 15 is 0 Å². The lowest BCUT2D eigenvalue weighted by Crippen LogP contribution is -2.01. The van der Waals surface area contributed by atoms with Crippen LogP contribution in [0.1, 0.15) is 19.3 Å². The average Bonchev–Trinajstić information content (AvgIpc) is 2.07.